The summed E-state index contributed by atoms with van der Waals surface area (Å²) in [5.74, 6) is 0. The monoisotopic (exact) mass is 1030 g/mol. The van der Waals surface area contributed by atoms with Crippen molar-refractivity contribution in [3.05, 3.63) is 146 Å². The first-order chi connectivity index (χ1) is 25.8. The molecule has 0 aliphatic carbocycles. The van der Waals surface area contributed by atoms with E-state index in [1.807, 2.05) is 136 Å². The fourth-order valence-electron chi connectivity index (χ4n) is 4.43. The van der Waals surface area contributed by atoms with Crippen molar-refractivity contribution in [3.8, 4) is 0 Å². The Kier molecular flexibility index (Phi) is 30.7. The second kappa shape index (κ2) is 29.1. The van der Waals surface area contributed by atoms with Crippen molar-refractivity contribution in [2.24, 2.45) is 0 Å². The van der Waals surface area contributed by atoms with Gasteiger partial charge in [0.2, 0.25) is 16.6 Å². The van der Waals surface area contributed by atoms with E-state index in [-0.39, 0.29) is 72.3 Å². The van der Waals surface area contributed by atoms with Crippen LogP contribution < -0.4 is 20.7 Å². The Balaban J connectivity index is -0.000000780. The molecule has 19 heteroatoms. The van der Waals surface area contributed by atoms with E-state index in [2.05, 4.69) is 13.2 Å². The van der Waals surface area contributed by atoms with E-state index in [4.69, 9.17) is 31.7 Å². The Labute approximate surface area is 392 Å². The second-order valence-corrected chi connectivity index (χ2v) is 34.0. The average molecular weight is 1030 g/mol. The van der Waals surface area contributed by atoms with Crippen molar-refractivity contribution in [1.29, 1.82) is 0 Å². The molecule has 0 amide bonds. The molecule has 0 heterocycles. The Morgan fingerprint density at radius 3 is 1.05 bits per heavy atom. The smallest absolute Gasteiger partial charge is 0.870 e. The molecule has 0 saturated heterocycles. The third-order valence-electron chi connectivity index (χ3n) is 8.45. The summed E-state index contributed by atoms with van der Waals surface area (Å²) in [5.41, 5.74) is 3.45. The molecule has 7 N–H and O–H groups in total. The van der Waals surface area contributed by atoms with Gasteiger partial charge in [-0.3, -0.25) is 0 Å². The van der Waals surface area contributed by atoms with E-state index < -0.39 is 50.9 Å². The molecular formula is C39H64BaO12Si6. The molecule has 0 fully saturated rings. The standard InChI is InChI=1S/C18H26O4Si3.C12H12O2Si.C5H12O2Si.C4H12O2Si.Ba.2H2O/c1-6-24(5,20-2)21-23(3,4)22-25(19,17-13-9-7-10-14-17)18-15-11-8-12-16-18;13-15(14,11-7-3-1-4-8-11)12-9-5-2-6-10-12;1-4-8(3,5-6)7-2;1-6-7(2,3)4-5;;;/h6-16,19H,1H2,2-5H3;1-10,13-14H;4,6H,1,5H2,2-3H3;5H,4H2,1-3H3;;2*1H2/q;;;;+2;;/p-2. The van der Waals surface area contributed by atoms with E-state index in [1.165, 1.54) is 0 Å². The molecule has 0 spiro atoms. The minimum absolute atomic E-state index is 0. The van der Waals surface area contributed by atoms with Gasteiger partial charge in [-0.2, -0.15) is 0 Å². The zero-order valence-electron chi connectivity index (χ0n) is 35.4. The Hall–Kier alpha value is -1.25. The summed E-state index contributed by atoms with van der Waals surface area (Å²) in [7, 11) is -10.7. The van der Waals surface area contributed by atoms with E-state index in [0.717, 1.165) is 10.4 Å². The summed E-state index contributed by atoms with van der Waals surface area (Å²) >= 11 is 0. The predicted octanol–water partition coefficient (Wildman–Crippen LogP) is 2.74. The molecule has 4 aromatic rings. The van der Waals surface area contributed by atoms with Crippen molar-refractivity contribution < 1.29 is 57.1 Å². The van der Waals surface area contributed by atoms with Crippen LogP contribution in [0.1, 0.15) is 0 Å². The van der Waals surface area contributed by atoms with Gasteiger partial charge in [0.25, 0.3) is 0 Å². The van der Waals surface area contributed by atoms with Crippen LogP contribution in [0.5, 0.6) is 0 Å². The van der Waals surface area contributed by atoms with Crippen LogP contribution in [0, 0.1) is 0 Å². The van der Waals surface area contributed by atoms with Crippen LogP contribution in [0.3, 0.4) is 0 Å². The number of hydrogen-bond acceptors (Lipinski definition) is 12. The van der Waals surface area contributed by atoms with Crippen LogP contribution in [-0.2, 0) is 21.5 Å². The van der Waals surface area contributed by atoms with Gasteiger partial charge in [-0.15, -0.1) is 13.2 Å². The molecule has 4 aromatic carbocycles. The zero-order chi connectivity index (χ0) is 41.8. The van der Waals surface area contributed by atoms with Gasteiger partial charge in [-0.05, 0) is 60.0 Å². The molecular weight excluding hydrogens is 966 g/mol. The van der Waals surface area contributed by atoms with E-state index in [9.17, 15) is 14.4 Å². The third kappa shape index (κ3) is 20.5. The van der Waals surface area contributed by atoms with Crippen molar-refractivity contribution in [2.75, 3.05) is 33.8 Å². The summed E-state index contributed by atoms with van der Waals surface area (Å²) < 4.78 is 28.2. The summed E-state index contributed by atoms with van der Waals surface area (Å²) in [6.45, 7) is 19.0. The number of rotatable bonds is 15. The summed E-state index contributed by atoms with van der Waals surface area (Å²) in [5, 5.41) is 20.0. The first-order valence-corrected chi connectivity index (χ1v) is 32.5. The van der Waals surface area contributed by atoms with Crippen LogP contribution in [0.15, 0.2) is 146 Å². The van der Waals surface area contributed by atoms with Crippen LogP contribution in [0.25, 0.3) is 0 Å². The van der Waals surface area contributed by atoms with Gasteiger partial charge >= 0.3 is 83.1 Å². The van der Waals surface area contributed by atoms with Crippen LogP contribution in [-0.4, -0.2) is 169 Å². The number of aliphatic hydroxyl groups excluding tert-OH is 2. The van der Waals surface area contributed by atoms with Crippen molar-refractivity contribution in [2.45, 2.75) is 39.3 Å². The molecule has 0 aliphatic rings. The molecule has 2 unspecified atom stereocenters. The molecule has 2 atom stereocenters. The van der Waals surface area contributed by atoms with Gasteiger partial charge in [0, 0.05) is 21.3 Å². The SMILES string of the molecule is C=C[Si](C)(CO)OC.C=C[Si](C)(OC)O[Si](C)(C)O[Si](O)(c1ccccc1)c1ccccc1.CO[Si](C)(C)CO.O[Si](O)(c1ccccc1)c1ccccc1.[Ba+2].[OH-].[OH-]. The summed E-state index contributed by atoms with van der Waals surface area (Å²) in [6.07, 6.45) is 0.330. The molecule has 12 nitrogen and oxygen atoms in total. The van der Waals surface area contributed by atoms with Crippen molar-refractivity contribution in [1.82, 2.24) is 0 Å². The van der Waals surface area contributed by atoms with Gasteiger partial charge < -0.3 is 57.1 Å². The fraction of sp³-hybridized carbons (Fsp3) is 0.282. The maximum atomic E-state index is 11.7. The number of benzene rings is 4. The quantitative estimate of drug-likeness (QED) is 0.109. The maximum absolute atomic E-state index is 11.7. The van der Waals surface area contributed by atoms with Gasteiger partial charge in [-0.1, -0.05) is 133 Å². The molecule has 0 saturated carbocycles. The Bertz CT molecular complexity index is 1570. The summed E-state index contributed by atoms with van der Waals surface area (Å²) in [6, 6.07) is 37.1. The van der Waals surface area contributed by atoms with E-state index in [0.29, 0.717) is 10.4 Å². The van der Waals surface area contributed by atoms with Gasteiger partial charge in [0.05, 0.1) is 12.5 Å². The molecule has 0 radical (unpaired) electrons. The van der Waals surface area contributed by atoms with Crippen molar-refractivity contribution >= 4 is 121 Å². The summed E-state index contributed by atoms with van der Waals surface area (Å²) in [4.78, 5) is 32.0. The minimum Gasteiger partial charge on any atom is -0.870 e. The first kappa shape index (κ1) is 61.1. The average Bonchev–Trinajstić information content (AvgIpc) is 3.22. The molecule has 0 aliphatic heterocycles. The molecule has 318 valence electrons. The molecule has 0 aromatic heterocycles. The fourth-order valence-corrected chi connectivity index (χ4v) is 17.3. The first-order valence-electron chi connectivity index (χ1n) is 17.7. The predicted molar refractivity (Wildman–Crippen MR) is 248 cm³/mol. The minimum atomic E-state index is -3.46. The van der Waals surface area contributed by atoms with Gasteiger partial charge in [0.1, 0.15) is 0 Å². The van der Waals surface area contributed by atoms with E-state index >= 15 is 0 Å². The van der Waals surface area contributed by atoms with Crippen LogP contribution >= 0.6 is 0 Å². The maximum Gasteiger partial charge on any atom is 2.00 e. The molecule has 0 bridgehead atoms. The van der Waals surface area contributed by atoms with Gasteiger partial charge in [-0.25, -0.2) is 0 Å². The normalized spacial score (nSPS) is 13.1. The van der Waals surface area contributed by atoms with Gasteiger partial charge in [0.15, 0.2) is 0 Å². The van der Waals surface area contributed by atoms with Crippen LogP contribution in [0.4, 0.5) is 0 Å². The van der Waals surface area contributed by atoms with Crippen LogP contribution in [0.2, 0.25) is 39.3 Å². The number of hydrogen-bond donors (Lipinski definition) is 5. The van der Waals surface area contributed by atoms with Crippen molar-refractivity contribution in [3.63, 3.8) is 0 Å². The topological polar surface area (TPSA) is 207 Å². The third-order valence-corrected chi connectivity index (χ3v) is 25.5. The zero-order valence-corrected chi connectivity index (χ0v) is 45.8. The Morgan fingerprint density at radius 2 is 0.845 bits per heavy atom. The Morgan fingerprint density at radius 1 is 0.500 bits per heavy atom. The number of aliphatic hydroxyl groups is 2. The van der Waals surface area contributed by atoms with E-state index in [1.54, 1.807) is 57.0 Å². The molecule has 4 rings (SSSR count). The second-order valence-electron chi connectivity index (χ2n) is 13.8. The largest absolute Gasteiger partial charge is 2.00 e. The molecule has 58 heavy (non-hydrogen) atoms.